The number of likely N-dealkylation sites (tertiary alicyclic amines) is 1. The Morgan fingerprint density at radius 1 is 1.11 bits per heavy atom. The van der Waals surface area contributed by atoms with Crippen molar-refractivity contribution in [3.8, 4) is 0 Å². The van der Waals surface area contributed by atoms with Crippen LogP contribution < -0.4 is 5.32 Å². The summed E-state index contributed by atoms with van der Waals surface area (Å²) in [5, 5.41) is 3.55. The van der Waals surface area contributed by atoms with Crippen LogP contribution in [0.4, 0.5) is 0 Å². The molecule has 1 saturated heterocycles. The van der Waals surface area contributed by atoms with Gasteiger partial charge in [0.1, 0.15) is 0 Å². The third-order valence-electron chi connectivity index (χ3n) is 4.94. The second-order valence-electron chi connectivity index (χ2n) is 5.86. The van der Waals surface area contributed by atoms with E-state index in [4.69, 9.17) is 4.74 Å². The molecule has 1 N–H and O–H groups in total. The van der Waals surface area contributed by atoms with E-state index in [1.54, 1.807) is 0 Å². The Kier molecular flexibility index (Phi) is 5.46. The largest absolute Gasteiger partial charge is 0.380 e. The maximum atomic E-state index is 5.73. The highest BCUT2D eigenvalue weighted by Crippen LogP contribution is 2.39. The second-order valence-corrected chi connectivity index (χ2v) is 5.86. The molecule has 0 spiro atoms. The number of rotatable bonds is 6. The van der Waals surface area contributed by atoms with Gasteiger partial charge in [-0.15, -0.1) is 0 Å². The Labute approximate surface area is 112 Å². The van der Waals surface area contributed by atoms with Crippen molar-refractivity contribution in [2.75, 3.05) is 33.4 Å². The fourth-order valence-electron chi connectivity index (χ4n) is 3.95. The van der Waals surface area contributed by atoms with Crippen molar-refractivity contribution in [1.29, 1.82) is 0 Å². The quantitative estimate of drug-likeness (QED) is 0.788. The molecule has 106 valence electrons. The van der Waals surface area contributed by atoms with Gasteiger partial charge in [-0.05, 0) is 52.7 Å². The lowest BCUT2D eigenvalue weighted by atomic mass is 9.84. The fourth-order valence-corrected chi connectivity index (χ4v) is 3.95. The minimum atomic E-state index is 0.379. The lowest BCUT2D eigenvalue weighted by Gasteiger charge is -2.48. The first kappa shape index (κ1) is 14.3. The molecule has 1 heterocycles. The summed E-state index contributed by atoms with van der Waals surface area (Å²) < 4.78 is 5.73. The number of nitrogens with one attached hydrogen (secondary N) is 1. The molecular weight excluding hydrogens is 224 g/mol. The van der Waals surface area contributed by atoms with Gasteiger partial charge in [-0.1, -0.05) is 19.3 Å². The first-order valence-corrected chi connectivity index (χ1v) is 7.83. The van der Waals surface area contributed by atoms with E-state index in [2.05, 4.69) is 24.2 Å². The number of piperidine rings is 1. The SMILES string of the molecule is CCOCC(NC)C1(N2CCCCC2)CCCC1. The van der Waals surface area contributed by atoms with Gasteiger partial charge in [0, 0.05) is 18.2 Å². The Morgan fingerprint density at radius 3 is 2.33 bits per heavy atom. The molecule has 1 unspecified atom stereocenters. The zero-order valence-electron chi connectivity index (χ0n) is 12.2. The van der Waals surface area contributed by atoms with Crippen molar-refractivity contribution in [3.05, 3.63) is 0 Å². The zero-order valence-corrected chi connectivity index (χ0v) is 12.2. The molecule has 0 radical (unpaired) electrons. The van der Waals surface area contributed by atoms with Crippen LogP contribution in [0.1, 0.15) is 51.9 Å². The average molecular weight is 254 g/mol. The Bertz CT molecular complexity index is 233. The van der Waals surface area contributed by atoms with E-state index in [1.165, 1.54) is 58.0 Å². The number of ether oxygens (including phenoxy) is 1. The number of hydrogen-bond donors (Lipinski definition) is 1. The molecule has 0 aromatic heterocycles. The third-order valence-corrected chi connectivity index (χ3v) is 4.94. The van der Waals surface area contributed by atoms with Crippen molar-refractivity contribution >= 4 is 0 Å². The molecule has 1 aliphatic carbocycles. The van der Waals surface area contributed by atoms with Crippen LogP contribution in [0, 0.1) is 0 Å². The van der Waals surface area contributed by atoms with E-state index >= 15 is 0 Å². The van der Waals surface area contributed by atoms with Crippen molar-refractivity contribution in [3.63, 3.8) is 0 Å². The summed E-state index contributed by atoms with van der Waals surface area (Å²) in [6.45, 7) is 6.38. The van der Waals surface area contributed by atoms with Gasteiger partial charge in [-0.25, -0.2) is 0 Å². The van der Waals surface area contributed by atoms with E-state index in [0.717, 1.165) is 13.2 Å². The number of nitrogens with zero attached hydrogens (tertiary/aromatic N) is 1. The van der Waals surface area contributed by atoms with Crippen LogP contribution in [0.15, 0.2) is 0 Å². The molecule has 18 heavy (non-hydrogen) atoms. The summed E-state index contributed by atoms with van der Waals surface area (Å²) in [5.41, 5.74) is 0.379. The standard InChI is InChI=1S/C15H30N2O/c1-3-18-13-14(16-2)15(9-5-6-10-15)17-11-7-4-8-12-17/h14,16H,3-13H2,1-2H3. The zero-order chi connectivity index (χ0) is 12.8. The summed E-state index contributed by atoms with van der Waals surface area (Å²) in [5.74, 6) is 0. The van der Waals surface area contributed by atoms with Gasteiger partial charge >= 0.3 is 0 Å². The maximum Gasteiger partial charge on any atom is 0.0637 e. The Balaban J connectivity index is 2.07. The van der Waals surface area contributed by atoms with Crippen LogP contribution in [0.5, 0.6) is 0 Å². The molecule has 0 amide bonds. The lowest BCUT2D eigenvalue weighted by molar-refractivity contribution is 0.00270. The van der Waals surface area contributed by atoms with Crippen LogP contribution in [-0.2, 0) is 4.74 Å². The summed E-state index contributed by atoms with van der Waals surface area (Å²) in [4.78, 5) is 2.78. The molecule has 3 nitrogen and oxygen atoms in total. The molecule has 2 fully saturated rings. The van der Waals surface area contributed by atoms with E-state index in [1.807, 2.05) is 0 Å². The van der Waals surface area contributed by atoms with Gasteiger partial charge in [-0.2, -0.15) is 0 Å². The maximum absolute atomic E-state index is 5.73. The first-order valence-electron chi connectivity index (χ1n) is 7.83. The van der Waals surface area contributed by atoms with Crippen LogP contribution in [0.25, 0.3) is 0 Å². The molecule has 2 aliphatic rings. The van der Waals surface area contributed by atoms with Crippen LogP contribution in [0.2, 0.25) is 0 Å². The highest BCUT2D eigenvalue weighted by molar-refractivity contribution is 5.04. The molecule has 1 atom stereocenters. The molecule has 0 aromatic rings. The smallest absolute Gasteiger partial charge is 0.0637 e. The van der Waals surface area contributed by atoms with Crippen LogP contribution in [-0.4, -0.2) is 49.8 Å². The number of likely N-dealkylation sites (N-methyl/N-ethyl adjacent to an activating group) is 1. The van der Waals surface area contributed by atoms with Crippen LogP contribution >= 0.6 is 0 Å². The monoisotopic (exact) mass is 254 g/mol. The van der Waals surface area contributed by atoms with E-state index in [0.29, 0.717) is 11.6 Å². The predicted molar refractivity (Wildman–Crippen MR) is 76.0 cm³/mol. The summed E-state index contributed by atoms with van der Waals surface area (Å²) in [6.07, 6.45) is 9.67. The van der Waals surface area contributed by atoms with Gasteiger partial charge in [-0.3, -0.25) is 4.90 Å². The van der Waals surface area contributed by atoms with Gasteiger partial charge in [0.15, 0.2) is 0 Å². The molecular formula is C15H30N2O. The predicted octanol–water partition coefficient (Wildman–Crippen LogP) is 2.41. The van der Waals surface area contributed by atoms with Gasteiger partial charge < -0.3 is 10.1 Å². The summed E-state index contributed by atoms with van der Waals surface area (Å²) >= 11 is 0. The van der Waals surface area contributed by atoms with Crippen molar-refractivity contribution in [1.82, 2.24) is 10.2 Å². The van der Waals surface area contributed by atoms with Crippen molar-refractivity contribution in [2.24, 2.45) is 0 Å². The summed E-state index contributed by atoms with van der Waals surface area (Å²) in [6, 6.07) is 0.498. The third kappa shape index (κ3) is 2.89. The van der Waals surface area contributed by atoms with Crippen LogP contribution in [0.3, 0.4) is 0 Å². The molecule has 2 rings (SSSR count). The Morgan fingerprint density at radius 2 is 1.78 bits per heavy atom. The van der Waals surface area contributed by atoms with E-state index < -0.39 is 0 Å². The van der Waals surface area contributed by atoms with Gasteiger partial charge in [0.2, 0.25) is 0 Å². The molecule has 0 bridgehead atoms. The van der Waals surface area contributed by atoms with E-state index in [9.17, 15) is 0 Å². The average Bonchev–Trinajstić information content (AvgIpc) is 2.91. The summed E-state index contributed by atoms with van der Waals surface area (Å²) in [7, 11) is 2.10. The van der Waals surface area contributed by atoms with Gasteiger partial charge in [0.05, 0.1) is 6.61 Å². The number of hydrogen-bond acceptors (Lipinski definition) is 3. The van der Waals surface area contributed by atoms with Crippen molar-refractivity contribution in [2.45, 2.75) is 63.5 Å². The molecule has 1 aliphatic heterocycles. The minimum absolute atomic E-state index is 0.379. The molecule has 1 saturated carbocycles. The minimum Gasteiger partial charge on any atom is -0.380 e. The van der Waals surface area contributed by atoms with Gasteiger partial charge in [0.25, 0.3) is 0 Å². The van der Waals surface area contributed by atoms with E-state index in [-0.39, 0.29) is 0 Å². The normalized spacial score (nSPS) is 26.3. The highest BCUT2D eigenvalue weighted by Gasteiger charge is 2.45. The lowest BCUT2D eigenvalue weighted by Crippen LogP contribution is -2.62. The second kappa shape index (κ2) is 6.88. The molecule has 3 heteroatoms. The van der Waals surface area contributed by atoms with Crippen molar-refractivity contribution < 1.29 is 4.74 Å². The first-order chi connectivity index (χ1) is 8.83. The fraction of sp³-hybridized carbons (Fsp3) is 1.00. The topological polar surface area (TPSA) is 24.5 Å². The molecule has 0 aromatic carbocycles. The Hall–Kier alpha value is -0.120. The highest BCUT2D eigenvalue weighted by atomic mass is 16.5.